The Morgan fingerprint density at radius 2 is 2.10 bits per heavy atom. The fourth-order valence-electron chi connectivity index (χ4n) is 1.94. The first kappa shape index (κ1) is 19.7. The SMILES string of the molecule is CCC(CC)(CN)C(=O)NCC(O)c1ccc(Cl)s1.Cl. The lowest BCUT2D eigenvalue weighted by atomic mass is 9.81. The summed E-state index contributed by atoms with van der Waals surface area (Å²) in [5.41, 5.74) is 5.18. The van der Waals surface area contributed by atoms with Gasteiger partial charge in [0.25, 0.3) is 0 Å². The van der Waals surface area contributed by atoms with Crippen LogP contribution in [0.4, 0.5) is 0 Å². The second kappa shape index (κ2) is 8.85. The number of carbonyl (C=O) groups excluding carboxylic acids is 1. The molecule has 0 saturated heterocycles. The minimum atomic E-state index is -0.731. The van der Waals surface area contributed by atoms with Gasteiger partial charge in [0, 0.05) is 18.0 Å². The van der Waals surface area contributed by atoms with E-state index in [4.69, 9.17) is 17.3 Å². The van der Waals surface area contributed by atoms with Crippen LogP contribution >= 0.6 is 35.3 Å². The van der Waals surface area contributed by atoms with E-state index in [0.29, 0.717) is 23.7 Å². The molecule has 1 aromatic heterocycles. The molecule has 0 spiro atoms. The standard InChI is InChI=1S/C13H21ClN2O2S.ClH/c1-3-13(4-2,8-15)12(18)16-7-9(17)10-5-6-11(14)19-10;/h5-6,9,17H,3-4,7-8,15H2,1-2H3,(H,16,18);1H. The average molecular weight is 341 g/mol. The van der Waals surface area contributed by atoms with Crippen molar-refractivity contribution in [2.75, 3.05) is 13.1 Å². The van der Waals surface area contributed by atoms with Crippen LogP contribution in [-0.4, -0.2) is 24.1 Å². The number of aliphatic hydroxyl groups is 1. The first-order chi connectivity index (χ1) is 8.99. The van der Waals surface area contributed by atoms with E-state index in [-0.39, 0.29) is 24.9 Å². The fourth-order valence-corrected chi connectivity index (χ4v) is 2.98. The highest BCUT2D eigenvalue weighted by molar-refractivity contribution is 7.16. The number of aliphatic hydroxyl groups excluding tert-OH is 1. The van der Waals surface area contributed by atoms with Gasteiger partial charge in [-0.25, -0.2) is 0 Å². The highest BCUT2D eigenvalue weighted by atomic mass is 35.5. The van der Waals surface area contributed by atoms with Crippen molar-refractivity contribution in [1.29, 1.82) is 0 Å². The molecule has 1 unspecified atom stereocenters. The third-order valence-corrected chi connectivity index (χ3v) is 4.94. The summed E-state index contributed by atoms with van der Waals surface area (Å²) >= 11 is 7.12. The van der Waals surface area contributed by atoms with Crippen molar-refractivity contribution in [1.82, 2.24) is 5.32 Å². The van der Waals surface area contributed by atoms with E-state index >= 15 is 0 Å². The summed E-state index contributed by atoms with van der Waals surface area (Å²) in [4.78, 5) is 12.9. The third-order valence-electron chi connectivity index (χ3n) is 3.60. The van der Waals surface area contributed by atoms with Crippen LogP contribution < -0.4 is 11.1 Å². The number of halogens is 2. The molecule has 1 aromatic rings. The fraction of sp³-hybridized carbons (Fsp3) is 0.615. The molecular weight excluding hydrogens is 319 g/mol. The maximum atomic E-state index is 12.2. The van der Waals surface area contributed by atoms with Gasteiger partial charge in [-0.15, -0.1) is 23.7 Å². The van der Waals surface area contributed by atoms with Crippen LogP contribution in [0.15, 0.2) is 12.1 Å². The monoisotopic (exact) mass is 340 g/mol. The van der Waals surface area contributed by atoms with E-state index in [1.54, 1.807) is 12.1 Å². The summed E-state index contributed by atoms with van der Waals surface area (Å²) in [7, 11) is 0. The van der Waals surface area contributed by atoms with Crippen molar-refractivity contribution in [2.24, 2.45) is 11.1 Å². The van der Waals surface area contributed by atoms with E-state index in [0.717, 1.165) is 4.88 Å². The topological polar surface area (TPSA) is 75.4 Å². The van der Waals surface area contributed by atoms with Gasteiger partial charge in [-0.1, -0.05) is 25.4 Å². The number of rotatable bonds is 7. The van der Waals surface area contributed by atoms with Gasteiger partial charge in [-0.2, -0.15) is 0 Å². The Bertz CT molecular complexity index is 414. The molecule has 116 valence electrons. The van der Waals surface area contributed by atoms with E-state index in [9.17, 15) is 9.90 Å². The van der Waals surface area contributed by atoms with E-state index in [1.165, 1.54) is 11.3 Å². The minimum absolute atomic E-state index is 0. The predicted molar refractivity (Wildman–Crippen MR) is 86.6 cm³/mol. The molecule has 0 saturated carbocycles. The number of nitrogens with two attached hydrogens (primary N) is 1. The van der Waals surface area contributed by atoms with Crippen LogP contribution in [0.5, 0.6) is 0 Å². The summed E-state index contributed by atoms with van der Waals surface area (Å²) in [6, 6.07) is 3.49. The van der Waals surface area contributed by atoms with Gasteiger partial charge in [-0.05, 0) is 25.0 Å². The Morgan fingerprint density at radius 1 is 1.50 bits per heavy atom. The molecule has 0 aliphatic heterocycles. The van der Waals surface area contributed by atoms with Gasteiger partial charge in [0.15, 0.2) is 0 Å². The molecule has 0 aliphatic rings. The number of hydrogen-bond acceptors (Lipinski definition) is 4. The molecule has 4 nitrogen and oxygen atoms in total. The van der Waals surface area contributed by atoms with Crippen molar-refractivity contribution in [3.8, 4) is 0 Å². The number of thiophene rings is 1. The lowest BCUT2D eigenvalue weighted by Gasteiger charge is -2.29. The zero-order valence-corrected chi connectivity index (χ0v) is 14.1. The van der Waals surface area contributed by atoms with Crippen molar-refractivity contribution in [3.05, 3.63) is 21.3 Å². The smallest absolute Gasteiger partial charge is 0.227 e. The Labute approximate surface area is 135 Å². The molecule has 1 rings (SSSR count). The Kier molecular flexibility index (Phi) is 8.70. The number of hydrogen-bond donors (Lipinski definition) is 3. The van der Waals surface area contributed by atoms with Crippen molar-refractivity contribution in [2.45, 2.75) is 32.8 Å². The molecule has 1 heterocycles. The van der Waals surface area contributed by atoms with Crippen LogP contribution in [0.1, 0.15) is 37.7 Å². The summed E-state index contributed by atoms with van der Waals surface area (Å²) in [6.07, 6.45) is 0.644. The predicted octanol–water partition coefficient (Wildman–Crippen LogP) is 2.74. The largest absolute Gasteiger partial charge is 0.386 e. The minimum Gasteiger partial charge on any atom is -0.386 e. The maximum Gasteiger partial charge on any atom is 0.227 e. The van der Waals surface area contributed by atoms with Crippen molar-refractivity contribution in [3.63, 3.8) is 0 Å². The van der Waals surface area contributed by atoms with Gasteiger partial charge in [0.2, 0.25) is 5.91 Å². The lowest BCUT2D eigenvalue weighted by Crippen LogP contribution is -2.46. The summed E-state index contributed by atoms with van der Waals surface area (Å²) < 4.78 is 0.624. The van der Waals surface area contributed by atoms with Gasteiger partial charge >= 0.3 is 0 Å². The van der Waals surface area contributed by atoms with Crippen LogP contribution in [0.25, 0.3) is 0 Å². The number of nitrogens with one attached hydrogen (secondary N) is 1. The van der Waals surface area contributed by atoms with Crippen molar-refractivity contribution < 1.29 is 9.90 Å². The first-order valence-electron chi connectivity index (χ1n) is 6.40. The van der Waals surface area contributed by atoms with Crippen LogP contribution in [-0.2, 0) is 4.79 Å². The molecule has 20 heavy (non-hydrogen) atoms. The van der Waals surface area contributed by atoms with Crippen LogP contribution in [0, 0.1) is 5.41 Å². The second-order valence-corrected chi connectivity index (χ2v) is 6.31. The number of carbonyl (C=O) groups is 1. The molecule has 0 bridgehead atoms. The second-order valence-electron chi connectivity index (χ2n) is 4.56. The van der Waals surface area contributed by atoms with Gasteiger partial charge in [-0.3, -0.25) is 4.79 Å². The van der Waals surface area contributed by atoms with Gasteiger partial charge < -0.3 is 16.2 Å². The van der Waals surface area contributed by atoms with Gasteiger partial charge in [0.1, 0.15) is 6.10 Å². The average Bonchev–Trinajstić information content (AvgIpc) is 2.85. The Morgan fingerprint density at radius 3 is 2.50 bits per heavy atom. The van der Waals surface area contributed by atoms with Crippen molar-refractivity contribution >= 4 is 41.3 Å². The summed E-state index contributed by atoms with van der Waals surface area (Å²) in [6.45, 7) is 4.39. The Balaban J connectivity index is 0.00000361. The summed E-state index contributed by atoms with van der Waals surface area (Å²) in [5.74, 6) is -0.0956. The van der Waals surface area contributed by atoms with Gasteiger partial charge in [0.05, 0.1) is 9.75 Å². The Hall–Kier alpha value is -0.330. The van der Waals surface area contributed by atoms with Crippen LogP contribution in [0.2, 0.25) is 4.34 Å². The zero-order chi connectivity index (χ0) is 14.5. The molecule has 7 heteroatoms. The molecule has 1 atom stereocenters. The third kappa shape index (κ3) is 4.60. The zero-order valence-electron chi connectivity index (χ0n) is 11.7. The number of amides is 1. The molecule has 0 fully saturated rings. The first-order valence-corrected chi connectivity index (χ1v) is 7.60. The quantitative estimate of drug-likeness (QED) is 0.714. The molecule has 0 aromatic carbocycles. The highest BCUT2D eigenvalue weighted by Gasteiger charge is 2.33. The van der Waals surface area contributed by atoms with E-state index < -0.39 is 11.5 Å². The molecule has 0 radical (unpaired) electrons. The summed E-state index contributed by atoms with van der Waals surface area (Å²) in [5, 5.41) is 12.8. The van der Waals surface area contributed by atoms with Crippen LogP contribution in [0.3, 0.4) is 0 Å². The van der Waals surface area contributed by atoms with E-state index in [1.807, 2.05) is 13.8 Å². The van der Waals surface area contributed by atoms with E-state index in [2.05, 4.69) is 5.32 Å². The highest BCUT2D eigenvalue weighted by Crippen LogP contribution is 2.28. The molecule has 4 N–H and O–H groups in total. The lowest BCUT2D eigenvalue weighted by molar-refractivity contribution is -0.131. The molecular formula is C13H22Cl2N2O2S. The normalized spacial score (nSPS) is 12.7. The molecule has 1 amide bonds. The maximum absolute atomic E-state index is 12.2. The molecule has 0 aliphatic carbocycles.